The summed E-state index contributed by atoms with van der Waals surface area (Å²) < 4.78 is 0. The Labute approximate surface area is 135 Å². The summed E-state index contributed by atoms with van der Waals surface area (Å²) >= 11 is 0. The normalized spacial score (nSPS) is 10.7. The van der Waals surface area contributed by atoms with E-state index in [1.165, 1.54) is 12.1 Å². The first-order valence-electron chi connectivity index (χ1n) is 7.59. The Morgan fingerprint density at radius 2 is 1.65 bits per heavy atom. The van der Waals surface area contributed by atoms with E-state index in [-0.39, 0.29) is 22.4 Å². The van der Waals surface area contributed by atoms with Crippen LogP contribution in [0.2, 0.25) is 0 Å². The van der Waals surface area contributed by atoms with Crippen LogP contribution < -0.4 is 0 Å². The molecule has 0 aliphatic heterocycles. The zero-order valence-corrected chi connectivity index (χ0v) is 13.2. The molecule has 2 aromatic rings. The van der Waals surface area contributed by atoms with Gasteiger partial charge in [0.05, 0.1) is 11.1 Å². The smallest absolute Gasteiger partial charge is 0.336 e. The maximum Gasteiger partial charge on any atom is 0.336 e. The van der Waals surface area contributed by atoms with Crippen LogP contribution in [0, 0.1) is 5.92 Å². The highest BCUT2D eigenvalue weighted by Crippen LogP contribution is 2.24. The lowest BCUT2D eigenvalue weighted by Crippen LogP contribution is -2.09. The van der Waals surface area contributed by atoms with E-state index in [4.69, 9.17) is 0 Å². The molecular formula is C19H20O4. The van der Waals surface area contributed by atoms with E-state index >= 15 is 0 Å². The van der Waals surface area contributed by atoms with Crippen molar-refractivity contribution >= 4 is 11.8 Å². The van der Waals surface area contributed by atoms with E-state index in [1.807, 2.05) is 0 Å². The minimum atomic E-state index is -1.16. The molecule has 0 aliphatic rings. The largest absolute Gasteiger partial charge is 0.507 e. The Hall–Kier alpha value is -2.62. The maximum atomic E-state index is 12.5. The highest BCUT2D eigenvalue weighted by atomic mass is 16.4. The fourth-order valence-electron chi connectivity index (χ4n) is 2.39. The summed E-state index contributed by atoms with van der Waals surface area (Å²) in [5.41, 5.74) is 1.08. The third-order valence-corrected chi connectivity index (χ3v) is 3.72. The summed E-state index contributed by atoms with van der Waals surface area (Å²) in [6.45, 7) is 4.25. The highest BCUT2D eigenvalue weighted by Gasteiger charge is 2.20. The van der Waals surface area contributed by atoms with E-state index < -0.39 is 11.8 Å². The fraction of sp³-hybridized carbons (Fsp3) is 0.263. The Morgan fingerprint density at radius 1 is 1.00 bits per heavy atom. The van der Waals surface area contributed by atoms with Gasteiger partial charge in [-0.2, -0.15) is 0 Å². The number of carbonyl (C=O) groups excluding carboxylic acids is 1. The third-order valence-electron chi connectivity index (χ3n) is 3.72. The molecule has 0 atom stereocenters. The number of phenols is 1. The number of carboxylic acid groups (broad SMARTS) is 1. The molecule has 0 fully saturated rings. The standard InChI is InChI=1S/C19H20O4/c1-12(2)7-8-13-9-10-16(17(20)11-13)18(21)14-5-3-4-6-15(14)19(22)23/h3-6,9-12,20H,7-8H2,1-2H3,(H,22,23). The van der Waals surface area contributed by atoms with Gasteiger partial charge in [0.1, 0.15) is 5.75 Å². The number of carbonyl (C=O) groups is 2. The summed E-state index contributed by atoms with van der Waals surface area (Å²) in [6, 6.07) is 11.0. The number of benzene rings is 2. The lowest BCUT2D eigenvalue weighted by Gasteiger charge is -2.09. The Balaban J connectivity index is 2.32. The first-order valence-corrected chi connectivity index (χ1v) is 7.59. The second-order valence-electron chi connectivity index (χ2n) is 5.96. The number of aromatic hydroxyl groups is 1. The minimum Gasteiger partial charge on any atom is -0.507 e. The van der Waals surface area contributed by atoms with Gasteiger partial charge in [0, 0.05) is 5.56 Å². The highest BCUT2D eigenvalue weighted by molar-refractivity contribution is 6.15. The van der Waals surface area contributed by atoms with Crippen LogP contribution in [0.4, 0.5) is 0 Å². The maximum absolute atomic E-state index is 12.5. The molecule has 0 heterocycles. The SMILES string of the molecule is CC(C)CCc1ccc(C(=O)c2ccccc2C(=O)O)c(O)c1. The molecule has 0 saturated heterocycles. The topological polar surface area (TPSA) is 74.6 Å². The second kappa shape index (κ2) is 7.09. The van der Waals surface area contributed by atoms with E-state index in [1.54, 1.807) is 30.3 Å². The number of aryl methyl sites for hydroxylation is 1. The fourth-order valence-corrected chi connectivity index (χ4v) is 2.39. The molecule has 4 heteroatoms. The van der Waals surface area contributed by atoms with Gasteiger partial charge < -0.3 is 10.2 Å². The van der Waals surface area contributed by atoms with Gasteiger partial charge in [-0.15, -0.1) is 0 Å². The van der Waals surface area contributed by atoms with Crippen molar-refractivity contribution in [2.45, 2.75) is 26.7 Å². The van der Waals surface area contributed by atoms with E-state index in [2.05, 4.69) is 13.8 Å². The van der Waals surface area contributed by atoms with Crippen LogP contribution in [0.1, 0.15) is 52.1 Å². The van der Waals surface area contributed by atoms with Crippen molar-refractivity contribution in [3.63, 3.8) is 0 Å². The lowest BCUT2D eigenvalue weighted by atomic mass is 9.95. The van der Waals surface area contributed by atoms with Crippen LogP contribution in [-0.4, -0.2) is 22.0 Å². The van der Waals surface area contributed by atoms with Crippen molar-refractivity contribution in [1.29, 1.82) is 0 Å². The van der Waals surface area contributed by atoms with Crippen molar-refractivity contribution in [3.8, 4) is 5.75 Å². The molecule has 0 unspecified atom stereocenters. The molecule has 0 radical (unpaired) electrons. The first kappa shape index (κ1) is 16.7. The first-order chi connectivity index (χ1) is 10.9. The molecule has 4 nitrogen and oxygen atoms in total. The van der Waals surface area contributed by atoms with Crippen molar-refractivity contribution in [3.05, 3.63) is 64.7 Å². The van der Waals surface area contributed by atoms with E-state index in [0.29, 0.717) is 5.92 Å². The summed E-state index contributed by atoms with van der Waals surface area (Å²) in [5.74, 6) is -1.21. The Kier molecular flexibility index (Phi) is 5.16. The zero-order valence-electron chi connectivity index (χ0n) is 13.2. The van der Waals surface area contributed by atoms with Gasteiger partial charge in [0.15, 0.2) is 5.78 Å². The third kappa shape index (κ3) is 3.97. The number of carboxylic acids is 1. The van der Waals surface area contributed by atoms with Gasteiger partial charge in [0.25, 0.3) is 0 Å². The number of aromatic carboxylic acids is 1. The van der Waals surface area contributed by atoms with Crippen LogP contribution in [-0.2, 0) is 6.42 Å². The molecule has 23 heavy (non-hydrogen) atoms. The molecule has 0 aliphatic carbocycles. The quantitative estimate of drug-likeness (QED) is 0.793. The van der Waals surface area contributed by atoms with Crippen molar-refractivity contribution < 1.29 is 19.8 Å². The van der Waals surface area contributed by atoms with Gasteiger partial charge >= 0.3 is 5.97 Å². The molecule has 2 aromatic carbocycles. The summed E-state index contributed by atoms with van der Waals surface area (Å²) in [5, 5.41) is 19.3. The number of phenolic OH excluding ortho intramolecular Hbond substituents is 1. The monoisotopic (exact) mass is 312 g/mol. The van der Waals surface area contributed by atoms with E-state index in [9.17, 15) is 19.8 Å². The molecule has 0 spiro atoms. The molecule has 0 amide bonds. The van der Waals surface area contributed by atoms with Crippen molar-refractivity contribution in [2.75, 3.05) is 0 Å². The molecule has 2 rings (SSSR count). The predicted octanol–water partition coefficient (Wildman–Crippen LogP) is 3.91. The van der Waals surface area contributed by atoms with E-state index in [0.717, 1.165) is 18.4 Å². The molecular weight excluding hydrogens is 292 g/mol. The van der Waals surface area contributed by atoms with Gasteiger partial charge in [-0.1, -0.05) is 38.1 Å². The average Bonchev–Trinajstić information content (AvgIpc) is 2.52. The number of hydrogen-bond acceptors (Lipinski definition) is 3. The van der Waals surface area contributed by atoms with Gasteiger partial charge in [-0.25, -0.2) is 4.79 Å². The van der Waals surface area contributed by atoms with Crippen LogP contribution in [0.25, 0.3) is 0 Å². The van der Waals surface area contributed by atoms with Crippen molar-refractivity contribution in [1.82, 2.24) is 0 Å². The summed E-state index contributed by atoms with van der Waals surface area (Å²) in [6.07, 6.45) is 1.82. The Bertz CT molecular complexity index is 732. The molecule has 2 N–H and O–H groups in total. The summed E-state index contributed by atoms with van der Waals surface area (Å²) in [7, 11) is 0. The Morgan fingerprint density at radius 3 is 2.22 bits per heavy atom. The van der Waals surface area contributed by atoms with Crippen LogP contribution in [0.15, 0.2) is 42.5 Å². The second-order valence-corrected chi connectivity index (χ2v) is 5.96. The summed E-state index contributed by atoms with van der Waals surface area (Å²) in [4.78, 5) is 23.8. The lowest BCUT2D eigenvalue weighted by molar-refractivity contribution is 0.0692. The molecule has 120 valence electrons. The zero-order chi connectivity index (χ0) is 17.0. The molecule has 0 aromatic heterocycles. The van der Waals surface area contributed by atoms with Gasteiger partial charge in [0.2, 0.25) is 0 Å². The number of rotatable bonds is 6. The minimum absolute atomic E-state index is 0.0687. The van der Waals surface area contributed by atoms with Crippen molar-refractivity contribution in [2.24, 2.45) is 5.92 Å². The average molecular weight is 312 g/mol. The number of ketones is 1. The molecule has 0 bridgehead atoms. The number of hydrogen-bond donors (Lipinski definition) is 2. The van der Waals surface area contributed by atoms with Crippen LogP contribution in [0.3, 0.4) is 0 Å². The van der Waals surface area contributed by atoms with Crippen LogP contribution >= 0.6 is 0 Å². The predicted molar refractivity (Wildman–Crippen MR) is 88.1 cm³/mol. The molecule has 0 saturated carbocycles. The van der Waals surface area contributed by atoms with Gasteiger partial charge in [-0.3, -0.25) is 4.79 Å². The van der Waals surface area contributed by atoms with Gasteiger partial charge in [-0.05, 0) is 42.5 Å². The van der Waals surface area contributed by atoms with Crippen LogP contribution in [0.5, 0.6) is 5.75 Å².